The van der Waals surface area contributed by atoms with Crippen LogP contribution in [0.1, 0.15) is 31.4 Å². The Balaban J connectivity index is 2.03. The van der Waals surface area contributed by atoms with Crippen LogP contribution >= 0.6 is 0 Å². The number of hydrogen-bond acceptors (Lipinski definition) is 5. The third-order valence-electron chi connectivity index (χ3n) is 3.96. The van der Waals surface area contributed by atoms with Gasteiger partial charge in [-0.05, 0) is 38.0 Å². The van der Waals surface area contributed by atoms with Crippen LogP contribution in [0.4, 0.5) is 0 Å². The molecule has 1 saturated heterocycles. The Kier molecular flexibility index (Phi) is 5.45. The normalized spacial score (nSPS) is 23.6. The maximum absolute atomic E-state index is 10.5. The highest BCUT2D eigenvalue weighted by Gasteiger charge is 2.28. The first-order chi connectivity index (χ1) is 10.1. The lowest BCUT2D eigenvalue weighted by atomic mass is 9.94. The Labute approximate surface area is 126 Å². The Morgan fingerprint density at radius 2 is 2.19 bits per heavy atom. The summed E-state index contributed by atoms with van der Waals surface area (Å²) in [5, 5.41) is 13.9. The highest BCUT2D eigenvalue weighted by atomic mass is 16.5. The lowest BCUT2D eigenvalue weighted by Crippen LogP contribution is -2.50. The first kappa shape index (κ1) is 16.1. The molecule has 0 aliphatic carbocycles. The van der Waals surface area contributed by atoms with Crippen LogP contribution in [-0.2, 0) is 4.74 Å². The molecule has 21 heavy (non-hydrogen) atoms. The number of nitrogens with one attached hydrogen (secondary N) is 1. The molecule has 2 N–H and O–H groups in total. The average Bonchev–Trinajstić information content (AvgIpc) is 2.52. The first-order valence-corrected chi connectivity index (χ1v) is 7.31. The summed E-state index contributed by atoms with van der Waals surface area (Å²) in [6.45, 7) is 4.07. The van der Waals surface area contributed by atoms with Crippen molar-refractivity contribution in [1.82, 2.24) is 5.32 Å². The number of benzene rings is 1. The van der Waals surface area contributed by atoms with Gasteiger partial charge >= 0.3 is 0 Å². The van der Waals surface area contributed by atoms with Gasteiger partial charge in [0.1, 0.15) is 11.5 Å². The fourth-order valence-corrected chi connectivity index (χ4v) is 2.63. The van der Waals surface area contributed by atoms with Crippen molar-refractivity contribution in [1.29, 1.82) is 0 Å². The van der Waals surface area contributed by atoms with Gasteiger partial charge in [-0.25, -0.2) is 0 Å². The quantitative estimate of drug-likeness (QED) is 0.839. The minimum Gasteiger partial charge on any atom is -0.497 e. The number of rotatable bonds is 6. The van der Waals surface area contributed by atoms with E-state index in [1.807, 2.05) is 18.2 Å². The second-order valence-electron chi connectivity index (χ2n) is 5.72. The van der Waals surface area contributed by atoms with Crippen molar-refractivity contribution in [2.45, 2.75) is 31.4 Å². The van der Waals surface area contributed by atoms with Gasteiger partial charge in [-0.3, -0.25) is 0 Å². The minimum absolute atomic E-state index is 0.0780. The minimum atomic E-state index is -0.659. The smallest absolute Gasteiger partial charge is 0.124 e. The van der Waals surface area contributed by atoms with E-state index in [1.165, 1.54) is 0 Å². The molecule has 118 valence electrons. The maximum atomic E-state index is 10.5. The lowest BCUT2D eigenvalue weighted by molar-refractivity contribution is 0.0219. The molecule has 1 aliphatic heterocycles. The van der Waals surface area contributed by atoms with E-state index in [4.69, 9.17) is 14.2 Å². The Morgan fingerprint density at radius 3 is 2.81 bits per heavy atom. The monoisotopic (exact) mass is 295 g/mol. The predicted molar refractivity (Wildman–Crippen MR) is 81.0 cm³/mol. The lowest BCUT2D eigenvalue weighted by Gasteiger charge is -2.35. The van der Waals surface area contributed by atoms with E-state index < -0.39 is 6.10 Å². The molecule has 5 heteroatoms. The summed E-state index contributed by atoms with van der Waals surface area (Å²) in [5.74, 6) is 1.37. The van der Waals surface area contributed by atoms with Crippen LogP contribution < -0.4 is 14.8 Å². The van der Waals surface area contributed by atoms with Crippen LogP contribution in [0.2, 0.25) is 0 Å². The van der Waals surface area contributed by atoms with E-state index in [9.17, 15) is 5.11 Å². The number of methoxy groups -OCH3 is 2. The highest BCUT2D eigenvalue weighted by Crippen LogP contribution is 2.29. The highest BCUT2D eigenvalue weighted by molar-refractivity contribution is 5.41. The standard InChI is InChI=1S/C16H25NO4/c1-16(7-4-8-21-11-16)17-10-14(18)13-9-12(19-2)5-6-15(13)20-3/h5-6,9,14,17-18H,4,7-8,10-11H2,1-3H3. The molecule has 1 fully saturated rings. The van der Waals surface area contributed by atoms with Gasteiger partial charge < -0.3 is 24.6 Å². The summed E-state index contributed by atoms with van der Waals surface area (Å²) in [7, 11) is 3.21. The van der Waals surface area contributed by atoms with Gasteiger partial charge in [0, 0.05) is 24.3 Å². The van der Waals surface area contributed by atoms with E-state index in [0.29, 0.717) is 24.7 Å². The van der Waals surface area contributed by atoms with Gasteiger partial charge in [0.15, 0.2) is 0 Å². The summed E-state index contributed by atoms with van der Waals surface area (Å²) in [6.07, 6.45) is 1.44. The number of hydrogen-bond donors (Lipinski definition) is 2. The summed E-state index contributed by atoms with van der Waals surface area (Å²) in [6, 6.07) is 5.44. The van der Waals surface area contributed by atoms with Crippen molar-refractivity contribution in [3.63, 3.8) is 0 Å². The molecule has 2 rings (SSSR count). The van der Waals surface area contributed by atoms with E-state index >= 15 is 0 Å². The molecule has 1 heterocycles. The van der Waals surface area contributed by atoms with Crippen LogP contribution in [0.5, 0.6) is 11.5 Å². The predicted octanol–water partition coefficient (Wildman–Crippen LogP) is 1.90. The molecule has 1 aromatic carbocycles. The van der Waals surface area contributed by atoms with Crippen LogP contribution in [0.3, 0.4) is 0 Å². The molecule has 5 nitrogen and oxygen atoms in total. The molecule has 0 saturated carbocycles. The molecule has 0 bridgehead atoms. The van der Waals surface area contributed by atoms with Crippen molar-refractivity contribution in [3.05, 3.63) is 23.8 Å². The molecule has 0 amide bonds. The topological polar surface area (TPSA) is 60.0 Å². The largest absolute Gasteiger partial charge is 0.497 e. The van der Waals surface area contributed by atoms with Crippen molar-refractivity contribution in [3.8, 4) is 11.5 Å². The molecule has 2 unspecified atom stereocenters. The van der Waals surface area contributed by atoms with Crippen LogP contribution in [0.25, 0.3) is 0 Å². The van der Waals surface area contributed by atoms with Crippen LogP contribution in [0, 0.1) is 0 Å². The fourth-order valence-electron chi connectivity index (χ4n) is 2.63. The van der Waals surface area contributed by atoms with E-state index in [2.05, 4.69) is 12.2 Å². The van der Waals surface area contributed by atoms with E-state index in [-0.39, 0.29) is 5.54 Å². The van der Waals surface area contributed by atoms with Crippen LogP contribution in [0.15, 0.2) is 18.2 Å². The zero-order valence-corrected chi connectivity index (χ0v) is 13.0. The molecular weight excluding hydrogens is 270 g/mol. The third kappa shape index (κ3) is 4.09. The van der Waals surface area contributed by atoms with Crippen molar-refractivity contribution in [2.24, 2.45) is 0 Å². The zero-order chi connectivity index (χ0) is 15.3. The van der Waals surface area contributed by atoms with E-state index in [0.717, 1.165) is 25.0 Å². The van der Waals surface area contributed by atoms with Crippen LogP contribution in [-0.4, -0.2) is 44.6 Å². The molecular formula is C16H25NO4. The Morgan fingerprint density at radius 1 is 1.38 bits per heavy atom. The number of aliphatic hydroxyl groups excluding tert-OH is 1. The fraction of sp³-hybridized carbons (Fsp3) is 0.625. The third-order valence-corrected chi connectivity index (χ3v) is 3.96. The summed E-state index contributed by atoms with van der Waals surface area (Å²) < 4.78 is 16.0. The molecule has 1 aromatic rings. The van der Waals surface area contributed by atoms with Gasteiger partial charge in [-0.15, -0.1) is 0 Å². The zero-order valence-electron chi connectivity index (χ0n) is 13.0. The second-order valence-corrected chi connectivity index (χ2v) is 5.72. The molecule has 0 radical (unpaired) electrons. The first-order valence-electron chi connectivity index (χ1n) is 7.31. The Bertz CT molecular complexity index is 458. The maximum Gasteiger partial charge on any atom is 0.124 e. The van der Waals surface area contributed by atoms with Crippen molar-refractivity contribution < 1.29 is 19.3 Å². The van der Waals surface area contributed by atoms with Gasteiger partial charge in [0.25, 0.3) is 0 Å². The van der Waals surface area contributed by atoms with Gasteiger partial charge in [-0.2, -0.15) is 0 Å². The second kappa shape index (κ2) is 7.11. The molecule has 0 aromatic heterocycles. The number of ether oxygens (including phenoxy) is 3. The molecule has 1 aliphatic rings. The SMILES string of the molecule is COc1ccc(OC)c(C(O)CNC2(C)CCCOC2)c1. The summed E-state index contributed by atoms with van der Waals surface area (Å²) in [4.78, 5) is 0. The van der Waals surface area contributed by atoms with Gasteiger partial charge in [-0.1, -0.05) is 0 Å². The van der Waals surface area contributed by atoms with Crippen molar-refractivity contribution >= 4 is 0 Å². The van der Waals surface area contributed by atoms with Gasteiger partial charge in [0.05, 0.1) is 26.9 Å². The van der Waals surface area contributed by atoms with Gasteiger partial charge in [0.2, 0.25) is 0 Å². The summed E-state index contributed by atoms with van der Waals surface area (Å²) >= 11 is 0. The molecule has 0 spiro atoms. The Hall–Kier alpha value is -1.30. The molecule has 2 atom stereocenters. The summed E-state index contributed by atoms with van der Waals surface area (Å²) in [5.41, 5.74) is 0.649. The number of β-amino-alcohol motifs (C(OH)–C–C–N with tert-alkyl or cyclic N) is 1. The van der Waals surface area contributed by atoms with Crippen molar-refractivity contribution in [2.75, 3.05) is 34.0 Å². The van der Waals surface area contributed by atoms with E-state index in [1.54, 1.807) is 14.2 Å². The number of aliphatic hydroxyl groups is 1. The average molecular weight is 295 g/mol.